The van der Waals surface area contributed by atoms with Crippen molar-refractivity contribution < 1.29 is 0 Å². The number of hydrogen-bond acceptors (Lipinski definition) is 2. The third kappa shape index (κ3) is 2.25. The van der Waals surface area contributed by atoms with Crippen LogP contribution in [0, 0.1) is 24.3 Å². The number of rotatable bonds is 2. The van der Waals surface area contributed by atoms with Crippen LogP contribution < -0.4 is 5.73 Å². The second-order valence-electron chi connectivity index (χ2n) is 4.77. The van der Waals surface area contributed by atoms with Gasteiger partial charge in [0, 0.05) is 0 Å². The molecule has 0 bridgehead atoms. The summed E-state index contributed by atoms with van der Waals surface area (Å²) in [5.74, 6) is 0.751. The van der Waals surface area contributed by atoms with Gasteiger partial charge >= 0.3 is 0 Å². The SMILES string of the molecule is Cc1ccc(C)c(C(C)n2nc(C)c(I)c2N)c1. The summed E-state index contributed by atoms with van der Waals surface area (Å²) < 4.78 is 2.96. The van der Waals surface area contributed by atoms with E-state index in [0.29, 0.717) is 0 Å². The third-order valence-corrected chi connectivity index (χ3v) is 4.63. The highest BCUT2D eigenvalue weighted by atomic mass is 127. The molecule has 0 spiro atoms. The van der Waals surface area contributed by atoms with E-state index in [1.807, 2.05) is 11.6 Å². The fourth-order valence-corrected chi connectivity index (χ4v) is 2.54. The fraction of sp³-hybridized carbons (Fsp3) is 0.357. The summed E-state index contributed by atoms with van der Waals surface area (Å²) in [5, 5.41) is 4.54. The Labute approximate surface area is 122 Å². The van der Waals surface area contributed by atoms with Gasteiger partial charge in [-0.1, -0.05) is 23.8 Å². The van der Waals surface area contributed by atoms with E-state index in [4.69, 9.17) is 5.73 Å². The zero-order valence-corrected chi connectivity index (χ0v) is 13.3. The number of hydrogen-bond donors (Lipinski definition) is 1. The first kappa shape index (κ1) is 13.4. The van der Waals surface area contributed by atoms with Crippen molar-refractivity contribution in [1.82, 2.24) is 9.78 Å². The molecule has 2 aromatic rings. The number of aromatic nitrogens is 2. The summed E-state index contributed by atoms with van der Waals surface area (Å²) in [7, 11) is 0. The first-order valence-electron chi connectivity index (χ1n) is 5.99. The molecule has 1 aromatic carbocycles. The number of benzene rings is 1. The quantitative estimate of drug-likeness (QED) is 0.837. The van der Waals surface area contributed by atoms with Crippen molar-refractivity contribution >= 4 is 28.4 Å². The molecule has 1 atom stereocenters. The lowest BCUT2D eigenvalue weighted by Crippen LogP contribution is -2.13. The van der Waals surface area contributed by atoms with Gasteiger partial charge in [0.25, 0.3) is 0 Å². The van der Waals surface area contributed by atoms with Gasteiger partial charge in [-0.05, 0) is 61.4 Å². The van der Waals surface area contributed by atoms with Gasteiger partial charge in [-0.2, -0.15) is 5.10 Å². The maximum absolute atomic E-state index is 6.12. The number of nitrogen functional groups attached to an aromatic ring is 1. The molecule has 0 aliphatic carbocycles. The molecule has 0 aliphatic rings. The third-order valence-electron chi connectivity index (χ3n) is 3.30. The molecule has 0 saturated heterocycles. The van der Waals surface area contributed by atoms with Crippen molar-refractivity contribution in [2.75, 3.05) is 5.73 Å². The summed E-state index contributed by atoms with van der Waals surface area (Å²) >= 11 is 2.25. The lowest BCUT2D eigenvalue weighted by molar-refractivity contribution is 0.566. The minimum atomic E-state index is 0.159. The molecule has 0 amide bonds. The van der Waals surface area contributed by atoms with E-state index in [-0.39, 0.29) is 6.04 Å². The van der Waals surface area contributed by atoms with E-state index in [1.165, 1.54) is 16.7 Å². The van der Waals surface area contributed by atoms with Crippen LogP contribution in [0.25, 0.3) is 0 Å². The average molecular weight is 355 g/mol. The number of nitrogens with two attached hydrogens (primary N) is 1. The van der Waals surface area contributed by atoms with Crippen LogP contribution in [0.15, 0.2) is 18.2 Å². The molecular formula is C14H18IN3. The Morgan fingerprint density at radius 3 is 2.50 bits per heavy atom. The van der Waals surface area contributed by atoms with Gasteiger partial charge in [0.05, 0.1) is 15.3 Å². The predicted molar refractivity (Wildman–Crippen MR) is 83.8 cm³/mol. The van der Waals surface area contributed by atoms with Crippen LogP contribution in [-0.2, 0) is 0 Å². The maximum atomic E-state index is 6.12. The van der Waals surface area contributed by atoms with E-state index in [0.717, 1.165) is 15.1 Å². The number of anilines is 1. The molecule has 0 radical (unpaired) electrons. The Morgan fingerprint density at radius 2 is 1.94 bits per heavy atom. The smallest absolute Gasteiger partial charge is 0.136 e. The van der Waals surface area contributed by atoms with Gasteiger partial charge in [0.2, 0.25) is 0 Å². The van der Waals surface area contributed by atoms with Crippen LogP contribution in [0.5, 0.6) is 0 Å². The topological polar surface area (TPSA) is 43.8 Å². The standard InChI is InChI=1S/C14H18IN3/c1-8-5-6-9(2)12(7-8)11(4)18-14(16)13(15)10(3)17-18/h5-7,11H,16H2,1-4H3. The number of nitrogens with zero attached hydrogens (tertiary/aromatic N) is 2. The highest BCUT2D eigenvalue weighted by Crippen LogP contribution is 2.28. The minimum Gasteiger partial charge on any atom is -0.383 e. The van der Waals surface area contributed by atoms with E-state index in [9.17, 15) is 0 Å². The molecule has 96 valence electrons. The van der Waals surface area contributed by atoms with Crippen molar-refractivity contribution in [2.24, 2.45) is 0 Å². The summed E-state index contributed by atoms with van der Waals surface area (Å²) in [6.45, 7) is 8.37. The van der Waals surface area contributed by atoms with E-state index in [1.54, 1.807) is 0 Å². The van der Waals surface area contributed by atoms with Crippen LogP contribution in [0.1, 0.15) is 35.3 Å². The second-order valence-corrected chi connectivity index (χ2v) is 5.84. The Morgan fingerprint density at radius 1 is 1.28 bits per heavy atom. The van der Waals surface area contributed by atoms with Gasteiger partial charge in [-0.25, -0.2) is 4.68 Å². The van der Waals surface area contributed by atoms with Gasteiger partial charge in [0.15, 0.2) is 0 Å². The summed E-state index contributed by atoms with van der Waals surface area (Å²) in [6.07, 6.45) is 0. The second kappa shape index (κ2) is 4.91. The normalized spacial score (nSPS) is 12.7. The Kier molecular flexibility index (Phi) is 3.66. The average Bonchev–Trinajstić information content (AvgIpc) is 2.59. The van der Waals surface area contributed by atoms with Crippen LogP contribution in [0.2, 0.25) is 0 Å². The molecule has 0 saturated carbocycles. The molecule has 2 N–H and O–H groups in total. The summed E-state index contributed by atoms with van der Waals surface area (Å²) in [5.41, 5.74) is 10.9. The van der Waals surface area contributed by atoms with Crippen LogP contribution >= 0.6 is 22.6 Å². The molecule has 2 rings (SSSR count). The number of aryl methyl sites for hydroxylation is 3. The van der Waals surface area contributed by atoms with Crippen LogP contribution in [0.4, 0.5) is 5.82 Å². The molecule has 0 aliphatic heterocycles. The van der Waals surface area contributed by atoms with Crippen LogP contribution in [-0.4, -0.2) is 9.78 Å². The van der Waals surface area contributed by atoms with Crippen molar-refractivity contribution in [3.05, 3.63) is 44.2 Å². The van der Waals surface area contributed by atoms with Gasteiger partial charge < -0.3 is 5.73 Å². The number of halogens is 1. The lowest BCUT2D eigenvalue weighted by Gasteiger charge is -2.17. The monoisotopic (exact) mass is 355 g/mol. The molecule has 18 heavy (non-hydrogen) atoms. The van der Waals surface area contributed by atoms with Crippen LogP contribution in [0.3, 0.4) is 0 Å². The highest BCUT2D eigenvalue weighted by Gasteiger charge is 2.17. The zero-order chi connectivity index (χ0) is 13.4. The first-order valence-corrected chi connectivity index (χ1v) is 7.07. The summed E-state index contributed by atoms with van der Waals surface area (Å²) in [6, 6.07) is 6.65. The summed E-state index contributed by atoms with van der Waals surface area (Å²) in [4.78, 5) is 0. The van der Waals surface area contributed by atoms with Crippen molar-refractivity contribution in [3.8, 4) is 0 Å². The minimum absolute atomic E-state index is 0.159. The fourth-order valence-electron chi connectivity index (χ4n) is 2.18. The van der Waals surface area contributed by atoms with E-state index < -0.39 is 0 Å². The Hall–Kier alpha value is -1.04. The Bertz CT molecular complexity index is 587. The Balaban J connectivity index is 2.50. The predicted octanol–water partition coefficient (Wildman–Crippen LogP) is 3.60. The molecule has 3 nitrogen and oxygen atoms in total. The van der Waals surface area contributed by atoms with Crippen molar-refractivity contribution in [2.45, 2.75) is 33.7 Å². The van der Waals surface area contributed by atoms with Crippen molar-refractivity contribution in [3.63, 3.8) is 0 Å². The first-order chi connectivity index (χ1) is 8.41. The maximum Gasteiger partial charge on any atom is 0.136 e. The lowest BCUT2D eigenvalue weighted by atomic mass is 10.0. The molecule has 4 heteroatoms. The molecular weight excluding hydrogens is 337 g/mol. The van der Waals surface area contributed by atoms with E-state index in [2.05, 4.69) is 66.7 Å². The molecule has 1 aromatic heterocycles. The van der Waals surface area contributed by atoms with E-state index >= 15 is 0 Å². The van der Waals surface area contributed by atoms with Gasteiger partial charge in [0.1, 0.15) is 5.82 Å². The largest absolute Gasteiger partial charge is 0.383 e. The zero-order valence-electron chi connectivity index (χ0n) is 11.2. The molecule has 0 fully saturated rings. The van der Waals surface area contributed by atoms with Crippen molar-refractivity contribution in [1.29, 1.82) is 0 Å². The molecule has 1 unspecified atom stereocenters. The van der Waals surface area contributed by atoms with Gasteiger partial charge in [-0.15, -0.1) is 0 Å². The van der Waals surface area contributed by atoms with Gasteiger partial charge in [-0.3, -0.25) is 0 Å². The highest BCUT2D eigenvalue weighted by molar-refractivity contribution is 14.1. The molecule has 1 heterocycles.